The van der Waals surface area contributed by atoms with Gasteiger partial charge >= 0.3 is 0 Å². The van der Waals surface area contributed by atoms with Crippen LogP contribution in [0.25, 0.3) is 0 Å². The molecule has 8 heteroatoms. The predicted molar refractivity (Wildman–Crippen MR) is 107 cm³/mol. The Hall–Kier alpha value is -3.58. The van der Waals surface area contributed by atoms with Gasteiger partial charge in [-0.05, 0) is 54.6 Å². The van der Waals surface area contributed by atoms with E-state index in [0.717, 1.165) is 0 Å². The maximum absolute atomic E-state index is 12.4. The Morgan fingerprint density at radius 3 is 2.14 bits per heavy atom. The molecular weight excluding hydrogens is 382 g/mol. The van der Waals surface area contributed by atoms with Crippen LogP contribution in [0.1, 0.15) is 27.8 Å². The second-order valence-corrected chi connectivity index (χ2v) is 6.25. The highest BCUT2D eigenvalue weighted by Gasteiger charge is 2.11. The van der Waals surface area contributed by atoms with Gasteiger partial charge in [0.05, 0.1) is 17.0 Å². The van der Waals surface area contributed by atoms with Crippen LogP contribution >= 0.6 is 11.6 Å². The average molecular weight is 398 g/mol. The molecule has 0 fully saturated rings. The number of amides is 3. The molecule has 0 radical (unpaired) electrons. The summed E-state index contributed by atoms with van der Waals surface area (Å²) in [4.78, 5) is 35.4. The maximum atomic E-state index is 12.4. The van der Waals surface area contributed by atoms with Crippen LogP contribution in [0.3, 0.4) is 0 Å². The molecule has 3 amide bonds. The van der Waals surface area contributed by atoms with Crippen LogP contribution in [-0.4, -0.2) is 17.7 Å². The molecule has 2 aromatic carbocycles. The van der Waals surface area contributed by atoms with E-state index in [1.165, 1.54) is 13.2 Å². The Morgan fingerprint density at radius 1 is 0.857 bits per heavy atom. The van der Waals surface area contributed by atoms with Crippen LogP contribution in [-0.2, 0) is 4.79 Å². The van der Waals surface area contributed by atoms with Crippen LogP contribution in [0.2, 0.25) is 5.02 Å². The summed E-state index contributed by atoms with van der Waals surface area (Å²) in [6.07, 6.45) is 1.41. The van der Waals surface area contributed by atoms with Gasteiger partial charge in [0.25, 0.3) is 11.8 Å². The number of rotatable bonds is 5. The first-order valence-electron chi connectivity index (χ1n) is 8.26. The number of carbonyl (C=O) groups is 3. The lowest BCUT2D eigenvalue weighted by molar-refractivity contribution is -0.114. The molecule has 3 aromatic rings. The molecule has 7 nitrogen and oxygen atoms in total. The van der Waals surface area contributed by atoms with Gasteiger partial charge in [-0.1, -0.05) is 11.6 Å². The van der Waals surface area contributed by atoms with Crippen molar-refractivity contribution < 1.29 is 18.8 Å². The average Bonchev–Trinajstić information content (AvgIpc) is 3.19. The molecule has 0 spiro atoms. The zero-order chi connectivity index (χ0) is 20.1. The van der Waals surface area contributed by atoms with E-state index < -0.39 is 0 Å². The summed E-state index contributed by atoms with van der Waals surface area (Å²) in [6.45, 7) is 1.38. The first-order chi connectivity index (χ1) is 13.4. The fourth-order valence-electron chi connectivity index (χ4n) is 2.39. The van der Waals surface area contributed by atoms with Crippen LogP contribution < -0.4 is 16.0 Å². The van der Waals surface area contributed by atoms with Gasteiger partial charge in [0.1, 0.15) is 0 Å². The largest absolute Gasteiger partial charge is 0.459 e. The monoisotopic (exact) mass is 397 g/mol. The standard InChI is InChI=1S/C20H16ClN3O4/c1-12(25)22-17-9-8-15(11-16(17)21)24-19(26)13-4-6-14(7-5-13)23-20(27)18-3-2-10-28-18/h2-11H,1H3,(H,22,25)(H,23,27)(H,24,26). The van der Waals surface area contributed by atoms with Crippen molar-refractivity contribution in [3.8, 4) is 0 Å². The third-order valence-electron chi connectivity index (χ3n) is 3.69. The van der Waals surface area contributed by atoms with Crippen molar-refractivity contribution in [2.75, 3.05) is 16.0 Å². The molecule has 0 bridgehead atoms. The lowest BCUT2D eigenvalue weighted by atomic mass is 10.2. The van der Waals surface area contributed by atoms with Crippen molar-refractivity contribution in [3.05, 3.63) is 77.2 Å². The summed E-state index contributed by atoms with van der Waals surface area (Å²) in [7, 11) is 0. The number of hydrogen-bond donors (Lipinski definition) is 3. The Bertz CT molecular complexity index is 1010. The van der Waals surface area contributed by atoms with E-state index in [9.17, 15) is 14.4 Å². The quantitative estimate of drug-likeness (QED) is 0.594. The third kappa shape index (κ3) is 4.77. The molecule has 0 unspecified atom stereocenters. The van der Waals surface area contributed by atoms with Crippen LogP contribution in [0.4, 0.5) is 17.1 Å². The summed E-state index contributed by atoms with van der Waals surface area (Å²) in [5.74, 6) is -0.761. The third-order valence-corrected chi connectivity index (χ3v) is 4.00. The zero-order valence-electron chi connectivity index (χ0n) is 14.8. The lowest BCUT2D eigenvalue weighted by Gasteiger charge is -2.10. The molecule has 1 heterocycles. The molecule has 142 valence electrons. The molecular formula is C20H16ClN3O4. The fourth-order valence-corrected chi connectivity index (χ4v) is 2.62. The van der Waals surface area contributed by atoms with Gasteiger partial charge in [-0.2, -0.15) is 0 Å². The molecule has 0 aliphatic carbocycles. The summed E-state index contributed by atoms with van der Waals surface area (Å²) < 4.78 is 5.02. The molecule has 1 aromatic heterocycles. The van der Waals surface area contributed by atoms with Crippen LogP contribution in [0.15, 0.2) is 65.3 Å². The Labute approximate surface area is 165 Å². The number of benzene rings is 2. The van der Waals surface area contributed by atoms with E-state index in [1.54, 1.807) is 54.6 Å². The first kappa shape index (κ1) is 19.2. The van der Waals surface area contributed by atoms with Crippen molar-refractivity contribution in [2.45, 2.75) is 6.92 Å². The van der Waals surface area contributed by atoms with Crippen LogP contribution in [0, 0.1) is 0 Å². The van der Waals surface area contributed by atoms with E-state index in [1.807, 2.05) is 0 Å². The fraction of sp³-hybridized carbons (Fsp3) is 0.0500. The van der Waals surface area contributed by atoms with Crippen molar-refractivity contribution in [1.29, 1.82) is 0 Å². The molecule has 28 heavy (non-hydrogen) atoms. The number of nitrogens with one attached hydrogen (secondary N) is 3. The Kier molecular flexibility index (Phi) is 5.76. The summed E-state index contributed by atoms with van der Waals surface area (Å²) in [6, 6.07) is 14.4. The van der Waals surface area contributed by atoms with Gasteiger partial charge in [-0.15, -0.1) is 0 Å². The van der Waals surface area contributed by atoms with Gasteiger partial charge in [-0.3, -0.25) is 14.4 Å². The molecule has 0 saturated heterocycles. The van der Waals surface area contributed by atoms with Gasteiger partial charge in [-0.25, -0.2) is 0 Å². The first-order valence-corrected chi connectivity index (χ1v) is 8.63. The van der Waals surface area contributed by atoms with Crippen molar-refractivity contribution in [3.63, 3.8) is 0 Å². The second-order valence-electron chi connectivity index (χ2n) is 5.84. The molecule has 3 rings (SSSR count). The predicted octanol–water partition coefficient (Wildman–Crippen LogP) is 4.40. The van der Waals surface area contributed by atoms with E-state index in [2.05, 4.69) is 16.0 Å². The molecule has 3 N–H and O–H groups in total. The number of halogens is 1. The lowest BCUT2D eigenvalue weighted by Crippen LogP contribution is -2.13. The highest BCUT2D eigenvalue weighted by molar-refractivity contribution is 6.34. The minimum absolute atomic E-state index is 0.196. The van der Waals surface area contributed by atoms with Gasteiger partial charge < -0.3 is 20.4 Å². The highest BCUT2D eigenvalue weighted by atomic mass is 35.5. The van der Waals surface area contributed by atoms with E-state index in [4.69, 9.17) is 16.0 Å². The van der Waals surface area contributed by atoms with Crippen LogP contribution in [0.5, 0.6) is 0 Å². The van der Waals surface area contributed by atoms with Crippen molar-refractivity contribution in [2.24, 2.45) is 0 Å². The smallest absolute Gasteiger partial charge is 0.291 e. The number of anilines is 3. The van der Waals surface area contributed by atoms with E-state index in [-0.39, 0.29) is 23.5 Å². The molecule has 0 atom stereocenters. The second kappa shape index (κ2) is 8.41. The summed E-state index contributed by atoms with van der Waals surface area (Å²) >= 11 is 6.10. The summed E-state index contributed by atoms with van der Waals surface area (Å²) in [5, 5.41) is 8.30. The zero-order valence-corrected chi connectivity index (χ0v) is 15.5. The molecule has 0 saturated carbocycles. The van der Waals surface area contributed by atoms with Crippen molar-refractivity contribution >= 4 is 46.4 Å². The number of hydrogen-bond acceptors (Lipinski definition) is 4. The minimum Gasteiger partial charge on any atom is -0.459 e. The Balaban J connectivity index is 1.64. The van der Waals surface area contributed by atoms with Gasteiger partial charge in [0.15, 0.2) is 5.76 Å². The Morgan fingerprint density at radius 2 is 1.54 bits per heavy atom. The van der Waals surface area contributed by atoms with E-state index in [0.29, 0.717) is 27.6 Å². The molecule has 0 aliphatic heterocycles. The van der Waals surface area contributed by atoms with Gasteiger partial charge in [0.2, 0.25) is 5.91 Å². The topological polar surface area (TPSA) is 100 Å². The normalized spacial score (nSPS) is 10.2. The van der Waals surface area contributed by atoms with Gasteiger partial charge in [0, 0.05) is 23.9 Å². The SMILES string of the molecule is CC(=O)Nc1ccc(NC(=O)c2ccc(NC(=O)c3ccco3)cc2)cc1Cl. The van der Waals surface area contributed by atoms with E-state index >= 15 is 0 Å². The minimum atomic E-state index is -0.379. The highest BCUT2D eigenvalue weighted by Crippen LogP contribution is 2.26. The number of carbonyl (C=O) groups excluding carboxylic acids is 3. The molecule has 0 aliphatic rings. The number of furan rings is 1. The maximum Gasteiger partial charge on any atom is 0.291 e. The summed E-state index contributed by atoms with van der Waals surface area (Å²) in [5.41, 5.74) is 1.88. The van der Waals surface area contributed by atoms with Crippen molar-refractivity contribution in [1.82, 2.24) is 0 Å².